The molecule has 0 aliphatic heterocycles. The maximum Gasteiger partial charge on any atom is 0.123 e. The summed E-state index contributed by atoms with van der Waals surface area (Å²) in [5, 5.41) is 3.73. The van der Waals surface area contributed by atoms with Gasteiger partial charge in [0.2, 0.25) is 0 Å². The van der Waals surface area contributed by atoms with E-state index >= 15 is 0 Å². The molecule has 2 rings (SSSR count). The van der Waals surface area contributed by atoms with E-state index < -0.39 is 0 Å². The maximum absolute atomic E-state index is 5.50. The highest BCUT2D eigenvalue weighted by molar-refractivity contribution is 5.38. The summed E-state index contributed by atoms with van der Waals surface area (Å²) >= 11 is 0. The molecule has 1 atom stereocenters. The second-order valence-corrected chi connectivity index (χ2v) is 6.72. The van der Waals surface area contributed by atoms with Crippen LogP contribution in [0.5, 0.6) is 5.75 Å². The van der Waals surface area contributed by atoms with Gasteiger partial charge >= 0.3 is 0 Å². The molecule has 0 amide bonds. The fourth-order valence-corrected chi connectivity index (χ4v) is 3.28. The van der Waals surface area contributed by atoms with Gasteiger partial charge in [0.05, 0.1) is 7.11 Å². The molecule has 0 saturated heterocycles. The summed E-state index contributed by atoms with van der Waals surface area (Å²) < 4.78 is 5.50. The molecular weight excluding hydrogens is 246 g/mol. The molecular formula is C18H29NO. The molecule has 1 unspecified atom stereocenters. The Labute approximate surface area is 123 Å². The zero-order valence-electron chi connectivity index (χ0n) is 13.5. The molecule has 0 radical (unpaired) electrons. The number of benzene rings is 1. The summed E-state index contributed by atoms with van der Waals surface area (Å²) in [4.78, 5) is 0. The molecule has 1 aromatic rings. The van der Waals surface area contributed by atoms with Gasteiger partial charge < -0.3 is 10.1 Å². The molecule has 1 aliphatic rings. The van der Waals surface area contributed by atoms with Gasteiger partial charge in [0.25, 0.3) is 0 Å². The van der Waals surface area contributed by atoms with E-state index in [1.54, 1.807) is 7.11 Å². The van der Waals surface area contributed by atoms with Crippen LogP contribution in [0.2, 0.25) is 0 Å². The van der Waals surface area contributed by atoms with Gasteiger partial charge in [-0.05, 0) is 38.2 Å². The van der Waals surface area contributed by atoms with Gasteiger partial charge in [-0.25, -0.2) is 0 Å². The van der Waals surface area contributed by atoms with Crippen LogP contribution < -0.4 is 10.1 Å². The second kappa shape index (κ2) is 6.62. The third-order valence-corrected chi connectivity index (χ3v) is 4.75. The van der Waals surface area contributed by atoms with E-state index in [-0.39, 0.29) is 0 Å². The SMILES string of the molecule is COc1ccc(C)cc1C(C)NCC1(C)CCCCC1. The number of aryl methyl sites for hydroxylation is 1. The van der Waals surface area contributed by atoms with Crippen molar-refractivity contribution in [3.63, 3.8) is 0 Å². The summed E-state index contributed by atoms with van der Waals surface area (Å²) in [6.45, 7) is 7.91. The first-order valence-electron chi connectivity index (χ1n) is 7.92. The Morgan fingerprint density at radius 3 is 2.60 bits per heavy atom. The van der Waals surface area contributed by atoms with Crippen molar-refractivity contribution >= 4 is 0 Å². The zero-order valence-corrected chi connectivity index (χ0v) is 13.5. The lowest BCUT2D eigenvalue weighted by Crippen LogP contribution is -2.35. The largest absolute Gasteiger partial charge is 0.496 e. The first-order valence-corrected chi connectivity index (χ1v) is 7.92. The summed E-state index contributed by atoms with van der Waals surface area (Å²) in [6, 6.07) is 6.76. The van der Waals surface area contributed by atoms with E-state index in [1.165, 1.54) is 43.2 Å². The maximum atomic E-state index is 5.50. The number of rotatable bonds is 5. The van der Waals surface area contributed by atoms with Crippen LogP contribution in [0.3, 0.4) is 0 Å². The standard InChI is InChI=1S/C18H29NO/c1-14-8-9-17(20-4)16(12-14)15(2)19-13-18(3)10-6-5-7-11-18/h8-9,12,15,19H,5-7,10-11,13H2,1-4H3. The van der Waals surface area contributed by atoms with Crippen LogP contribution in [0.15, 0.2) is 18.2 Å². The monoisotopic (exact) mass is 275 g/mol. The van der Waals surface area contributed by atoms with Crippen LogP contribution in [-0.4, -0.2) is 13.7 Å². The number of hydrogen-bond donors (Lipinski definition) is 1. The van der Waals surface area contributed by atoms with Gasteiger partial charge in [-0.2, -0.15) is 0 Å². The average Bonchev–Trinajstić information content (AvgIpc) is 2.45. The molecule has 20 heavy (non-hydrogen) atoms. The summed E-state index contributed by atoms with van der Waals surface area (Å²) in [5.41, 5.74) is 3.04. The van der Waals surface area contributed by atoms with Crippen molar-refractivity contribution < 1.29 is 4.74 Å². The molecule has 1 N–H and O–H groups in total. The van der Waals surface area contributed by atoms with Gasteiger partial charge in [-0.15, -0.1) is 0 Å². The number of methoxy groups -OCH3 is 1. The number of nitrogens with one attached hydrogen (secondary N) is 1. The molecule has 1 aromatic carbocycles. The highest BCUT2D eigenvalue weighted by Crippen LogP contribution is 2.36. The molecule has 1 aliphatic carbocycles. The Bertz CT molecular complexity index is 435. The van der Waals surface area contributed by atoms with Crippen molar-refractivity contribution in [1.29, 1.82) is 0 Å². The van der Waals surface area contributed by atoms with Crippen LogP contribution in [-0.2, 0) is 0 Å². The van der Waals surface area contributed by atoms with Gasteiger partial charge in [-0.1, -0.05) is 43.9 Å². The fraction of sp³-hybridized carbons (Fsp3) is 0.667. The summed E-state index contributed by atoms with van der Waals surface area (Å²) in [6.07, 6.45) is 6.91. The smallest absolute Gasteiger partial charge is 0.123 e. The molecule has 0 heterocycles. The quantitative estimate of drug-likeness (QED) is 0.846. The lowest BCUT2D eigenvalue weighted by molar-refractivity contribution is 0.201. The molecule has 2 heteroatoms. The number of hydrogen-bond acceptors (Lipinski definition) is 2. The van der Waals surface area contributed by atoms with Crippen LogP contribution in [0.1, 0.15) is 63.1 Å². The Hall–Kier alpha value is -1.02. The zero-order chi connectivity index (χ0) is 14.6. The van der Waals surface area contributed by atoms with Crippen LogP contribution >= 0.6 is 0 Å². The Morgan fingerprint density at radius 2 is 1.95 bits per heavy atom. The first kappa shape index (κ1) is 15.4. The van der Waals surface area contributed by atoms with E-state index in [0.717, 1.165) is 12.3 Å². The highest BCUT2D eigenvalue weighted by atomic mass is 16.5. The Morgan fingerprint density at radius 1 is 1.25 bits per heavy atom. The van der Waals surface area contributed by atoms with Crippen molar-refractivity contribution in [3.05, 3.63) is 29.3 Å². The van der Waals surface area contributed by atoms with Crippen molar-refractivity contribution in [2.75, 3.05) is 13.7 Å². The minimum Gasteiger partial charge on any atom is -0.496 e. The Kier molecular flexibility index (Phi) is 5.09. The van der Waals surface area contributed by atoms with Crippen LogP contribution in [0, 0.1) is 12.3 Å². The third kappa shape index (κ3) is 3.76. The van der Waals surface area contributed by atoms with Gasteiger partial charge in [0.1, 0.15) is 5.75 Å². The van der Waals surface area contributed by atoms with E-state index in [0.29, 0.717) is 11.5 Å². The molecule has 0 bridgehead atoms. The minimum absolute atomic E-state index is 0.337. The molecule has 0 aromatic heterocycles. The van der Waals surface area contributed by atoms with Crippen molar-refractivity contribution in [2.24, 2.45) is 5.41 Å². The minimum atomic E-state index is 0.337. The summed E-state index contributed by atoms with van der Waals surface area (Å²) in [5.74, 6) is 0.990. The highest BCUT2D eigenvalue weighted by Gasteiger charge is 2.27. The van der Waals surface area contributed by atoms with Crippen molar-refractivity contribution in [3.8, 4) is 5.75 Å². The predicted molar refractivity (Wildman–Crippen MR) is 85.3 cm³/mol. The van der Waals surface area contributed by atoms with Gasteiger partial charge in [0.15, 0.2) is 0 Å². The van der Waals surface area contributed by atoms with E-state index in [2.05, 4.69) is 44.3 Å². The summed E-state index contributed by atoms with van der Waals surface area (Å²) in [7, 11) is 1.75. The Balaban J connectivity index is 2.00. The van der Waals surface area contributed by atoms with Gasteiger partial charge in [-0.3, -0.25) is 0 Å². The molecule has 2 nitrogen and oxygen atoms in total. The van der Waals surface area contributed by atoms with Crippen LogP contribution in [0.25, 0.3) is 0 Å². The van der Waals surface area contributed by atoms with E-state index in [4.69, 9.17) is 4.74 Å². The lowest BCUT2D eigenvalue weighted by Gasteiger charge is -2.35. The van der Waals surface area contributed by atoms with Gasteiger partial charge in [0, 0.05) is 18.2 Å². The number of ether oxygens (including phenoxy) is 1. The van der Waals surface area contributed by atoms with Crippen molar-refractivity contribution in [1.82, 2.24) is 5.32 Å². The molecule has 1 saturated carbocycles. The van der Waals surface area contributed by atoms with Crippen LogP contribution in [0.4, 0.5) is 0 Å². The first-order chi connectivity index (χ1) is 9.54. The lowest BCUT2D eigenvalue weighted by atomic mass is 9.75. The fourth-order valence-electron chi connectivity index (χ4n) is 3.28. The van der Waals surface area contributed by atoms with Crippen molar-refractivity contribution in [2.45, 2.75) is 58.9 Å². The average molecular weight is 275 g/mol. The molecule has 112 valence electrons. The molecule has 0 spiro atoms. The normalized spacial score (nSPS) is 19.6. The second-order valence-electron chi connectivity index (χ2n) is 6.72. The van der Waals surface area contributed by atoms with E-state index in [1.807, 2.05) is 0 Å². The van der Waals surface area contributed by atoms with E-state index in [9.17, 15) is 0 Å². The predicted octanol–water partition coefficient (Wildman–Crippen LogP) is 4.62. The topological polar surface area (TPSA) is 21.3 Å². The third-order valence-electron chi connectivity index (χ3n) is 4.75. The molecule has 1 fully saturated rings.